The SMILES string of the molecule is NC(=O)[C@@H]1CCCCN1C(=O)COC(=O)c1ccccc1Cl. The smallest absolute Gasteiger partial charge is 0.340 e. The molecule has 2 N–H and O–H groups in total. The second-order valence-electron chi connectivity index (χ2n) is 5.06. The second-order valence-corrected chi connectivity index (χ2v) is 5.46. The van der Waals surface area contributed by atoms with E-state index >= 15 is 0 Å². The van der Waals surface area contributed by atoms with E-state index in [1.807, 2.05) is 0 Å². The summed E-state index contributed by atoms with van der Waals surface area (Å²) >= 11 is 5.89. The lowest BCUT2D eigenvalue weighted by Gasteiger charge is -2.33. The third-order valence-corrected chi connectivity index (χ3v) is 3.90. The molecule has 2 rings (SSSR count). The Bertz CT molecular complexity index is 591. The predicted molar refractivity (Wildman–Crippen MR) is 80.3 cm³/mol. The molecule has 0 aliphatic carbocycles. The van der Waals surface area contributed by atoms with Crippen LogP contribution in [0.15, 0.2) is 24.3 Å². The van der Waals surface area contributed by atoms with Crippen molar-refractivity contribution in [2.45, 2.75) is 25.3 Å². The van der Waals surface area contributed by atoms with E-state index in [0.717, 1.165) is 12.8 Å². The third kappa shape index (κ3) is 3.76. The van der Waals surface area contributed by atoms with E-state index < -0.39 is 30.4 Å². The zero-order valence-corrected chi connectivity index (χ0v) is 12.7. The molecular weight excluding hydrogens is 308 g/mol. The fraction of sp³-hybridized carbons (Fsp3) is 0.400. The molecule has 2 amide bonds. The highest BCUT2D eigenvalue weighted by atomic mass is 35.5. The second kappa shape index (κ2) is 7.26. The van der Waals surface area contributed by atoms with E-state index in [4.69, 9.17) is 22.1 Å². The standard InChI is InChI=1S/C15H17ClN2O4/c16-11-6-2-1-5-10(11)15(21)22-9-13(19)18-8-4-3-7-12(18)14(17)20/h1-2,5-6,12H,3-4,7-9H2,(H2,17,20)/t12-/m0/s1. The van der Waals surface area contributed by atoms with Gasteiger partial charge in [0.2, 0.25) is 5.91 Å². The Morgan fingerprint density at radius 2 is 2.00 bits per heavy atom. The summed E-state index contributed by atoms with van der Waals surface area (Å²) < 4.78 is 4.99. The van der Waals surface area contributed by atoms with Crippen molar-refractivity contribution in [3.05, 3.63) is 34.9 Å². The average molecular weight is 325 g/mol. The molecule has 1 heterocycles. The molecule has 1 atom stereocenters. The predicted octanol–water partition coefficient (Wildman–Crippen LogP) is 1.36. The van der Waals surface area contributed by atoms with Crippen LogP contribution in [0.2, 0.25) is 5.02 Å². The van der Waals surface area contributed by atoms with Crippen LogP contribution < -0.4 is 5.73 Å². The minimum atomic E-state index is -0.674. The first-order chi connectivity index (χ1) is 10.5. The minimum absolute atomic E-state index is 0.196. The Morgan fingerprint density at radius 3 is 2.68 bits per heavy atom. The summed E-state index contributed by atoms with van der Waals surface area (Å²) in [6.07, 6.45) is 2.18. The number of amides is 2. The number of esters is 1. The number of carbonyl (C=O) groups excluding carboxylic acids is 3. The first kappa shape index (κ1) is 16.3. The van der Waals surface area contributed by atoms with Crippen LogP contribution in [0.5, 0.6) is 0 Å². The quantitative estimate of drug-likeness (QED) is 0.847. The number of likely N-dealkylation sites (tertiary alicyclic amines) is 1. The van der Waals surface area contributed by atoms with Gasteiger partial charge in [-0.2, -0.15) is 0 Å². The normalized spacial score (nSPS) is 17.9. The first-order valence-electron chi connectivity index (χ1n) is 7.01. The average Bonchev–Trinajstić information content (AvgIpc) is 2.52. The fourth-order valence-corrected chi connectivity index (χ4v) is 2.65. The van der Waals surface area contributed by atoms with Gasteiger partial charge in [-0.3, -0.25) is 9.59 Å². The molecule has 1 aliphatic heterocycles. The minimum Gasteiger partial charge on any atom is -0.452 e. The summed E-state index contributed by atoms with van der Waals surface area (Å²) in [7, 11) is 0. The van der Waals surface area contributed by atoms with E-state index in [1.54, 1.807) is 18.2 Å². The number of benzene rings is 1. The molecule has 1 aromatic rings. The highest BCUT2D eigenvalue weighted by Gasteiger charge is 2.31. The molecule has 0 unspecified atom stereocenters. The van der Waals surface area contributed by atoms with Gasteiger partial charge < -0.3 is 15.4 Å². The molecule has 0 radical (unpaired) electrons. The van der Waals surface area contributed by atoms with E-state index in [2.05, 4.69) is 0 Å². The van der Waals surface area contributed by atoms with Gasteiger partial charge in [0.05, 0.1) is 10.6 Å². The van der Waals surface area contributed by atoms with Gasteiger partial charge in [0, 0.05) is 6.54 Å². The van der Waals surface area contributed by atoms with Crippen LogP contribution in [-0.2, 0) is 14.3 Å². The summed E-state index contributed by atoms with van der Waals surface area (Å²) in [5, 5.41) is 0.257. The fourth-order valence-electron chi connectivity index (χ4n) is 2.44. The number of primary amides is 1. The van der Waals surface area contributed by atoms with Crippen molar-refractivity contribution in [2.75, 3.05) is 13.2 Å². The van der Waals surface area contributed by atoms with Crippen molar-refractivity contribution in [1.29, 1.82) is 0 Å². The van der Waals surface area contributed by atoms with Crippen LogP contribution in [0.25, 0.3) is 0 Å². The summed E-state index contributed by atoms with van der Waals surface area (Å²) in [5.74, 6) is -1.64. The van der Waals surface area contributed by atoms with Crippen LogP contribution in [-0.4, -0.2) is 41.9 Å². The summed E-state index contributed by atoms with van der Waals surface area (Å²) in [5.41, 5.74) is 5.50. The molecule has 118 valence electrons. The maximum absolute atomic E-state index is 12.1. The topological polar surface area (TPSA) is 89.7 Å². The summed E-state index contributed by atoms with van der Waals surface area (Å²) in [4.78, 5) is 36.8. The maximum Gasteiger partial charge on any atom is 0.340 e. The Balaban J connectivity index is 1.96. The van der Waals surface area contributed by atoms with Crippen LogP contribution >= 0.6 is 11.6 Å². The highest BCUT2D eigenvalue weighted by molar-refractivity contribution is 6.33. The Hall–Kier alpha value is -2.08. The largest absolute Gasteiger partial charge is 0.452 e. The highest BCUT2D eigenvalue weighted by Crippen LogP contribution is 2.18. The molecule has 1 aliphatic rings. The summed E-state index contributed by atoms with van der Waals surface area (Å²) in [6.45, 7) is 0.00389. The lowest BCUT2D eigenvalue weighted by molar-refractivity contribution is -0.143. The van der Waals surface area contributed by atoms with Gasteiger partial charge in [-0.25, -0.2) is 4.79 Å². The van der Waals surface area contributed by atoms with Gasteiger partial charge >= 0.3 is 5.97 Å². The maximum atomic E-state index is 12.1. The molecule has 0 spiro atoms. The van der Waals surface area contributed by atoms with Gasteiger partial charge in [0.15, 0.2) is 6.61 Å². The third-order valence-electron chi connectivity index (χ3n) is 3.57. The molecular formula is C15H17ClN2O4. The lowest BCUT2D eigenvalue weighted by atomic mass is 10.0. The van der Waals surface area contributed by atoms with Gasteiger partial charge in [0.25, 0.3) is 5.91 Å². The lowest BCUT2D eigenvalue weighted by Crippen LogP contribution is -2.51. The van der Waals surface area contributed by atoms with E-state index in [0.29, 0.717) is 13.0 Å². The van der Waals surface area contributed by atoms with Crippen molar-refractivity contribution in [2.24, 2.45) is 5.73 Å². The van der Waals surface area contributed by atoms with Gasteiger partial charge in [-0.15, -0.1) is 0 Å². The van der Waals surface area contributed by atoms with Crippen molar-refractivity contribution in [3.63, 3.8) is 0 Å². The number of nitrogens with zero attached hydrogens (tertiary/aromatic N) is 1. The first-order valence-corrected chi connectivity index (χ1v) is 7.39. The molecule has 1 saturated heterocycles. The van der Waals surface area contributed by atoms with Crippen molar-refractivity contribution >= 4 is 29.4 Å². The number of rotatable bonds is 4. The number of hydrogen-bond donors (Lipinski definition) is 1. The number of ether oxygens (including phenoxy) is 1. The van der Waals surface area contributed by atoms with Gasteiger partial charge in [-0.1, -0.05) is 23.7 Å². The van der Waals surface area contributed by atoms with Crippen molar-refractivity contribution in [1.82, 2.24) is 4.90 Å². The number of carbonyl (C=O) groups is 3. The van der Waals surface area contributed by atoms with Crippen LogP contribution in [0.3, 0.4) is 0 Å². The van der Waals surface area contributed by atoms with Crippen LogP contribution in [0.1, 0.15) is 29.6 Å². The Morgan fingerprint density at radius 1 is 1.27 bits per heavy atom. The Kier molecular flexibility index (Phi) is 5.38. The van der Waals surface area contributed by atoms with E-state index in [-0.39, 0.29) is 10.6 Å². The number of nitrogens with two attached hydrogens (primary N) is 1. The van der Waals surface area contributed by atoms with Crippen molar-refractivity contribution in [3.8, 4) is 0 Å². The molecule has 0 aromatic heterocycles. The summed E-state index contributed by atoms with van der Waals surface area (Å²) in [6, 6.07) is 5.80. The van der Waals surface area contributed by atoms with E-state index in [1.165, 1.54) is 11.0 Å². The molecule has 6 nitrogen and oxygen atoms in total. The molecule has 7 heteroatoms. The zero-order chi connectivity index (χ0) is 16.1. The zero-order valence-electron chi connectivity index (χ0n) is 12.0. The van der Waals surface area contributed by atoms with Gasteiger partial charge in [-0.05, 0) is 31.4 Å². The monoisotopic (exact) mass is 324 g/mol. The van der Waals surface area contributed by atoms with Crippen LogP contribution in [0, 0.1) is 0 Å². The number of hydrogen-bond acceptors (Lipinski definition) is 4. The molecule has 1 fully saturated rings. The molecule has 0 bridgehead atoms. The van der Waals surface area contributed by atoms with Gasteiger partial charge in [0.1, 0.15) is 6.04 Å². The van der Waals surface area contributed by atoms with Crippen molar-refractivity contribution < 1.29 is 19.1 Å². The molecule has 0 saturated carbocycles. The Labute approximate surface area is 133 Å². The van der Waals surface area contributed by atoms with Crippen LogP contribution in [0.4, 0.5) is 0 Å². The number of piperidine rings is 1. The van der Waals surface area contributed by atoms with E-state index in [9.17, 15) is 14.4 Å². The molecule has 1 aromatic carbocycles. The number of halogens is 1. The molecule has 22 heavy (non-hydrogen) atoms.